The second kappa shape index (κ2) is 8.98. The van der Waals surface area contributed by atoms with E-state index >= 15 is 0 Å². The quantitative estimate of drug-likeness (QED) is 0.548. The molecule has 1 N–H and O–H groups in total. The molecule has 4 nitrogen and oxygen atoms in total. The lowest BCUT2D eigenvalue weighted by atomic mass is 9.95. The van der Waals surface area contributed by atoms with Crippen LogP contribution in [0.15, 0.2) is 56.4 Å². The third-order valence-electron chi connectivity index (χ3n) is 4.23. The maximum atomic E-state index is 12.3. The molecule has 1 fully saturated rings. The Morgan fingerprint density at radius 1 is 1.19 bits per heavy atom. The SMILES string of the molecule is N#CC(=Cc1ccc(Sc2ccc(Cl)cc2)o1)C(=O)NC1CCCCC1. The molecule has 2 aromatic rings. The fourth-order valence-electron chi connectivity index (χ4n) is 2.89. The largest absolute Gasteiger partial charge is 0.450 e. The summed E-state index contributed by atoms with van der Waals surface area (Å²) >= 11 is 7.33. The van der Waals surface area contributed by atoms with E-state index in [0.29, 0.717) is 15.9 Å². The van der Waals surface area contributed by atoms with Gasteiger partial charge in [0.25, 0.3) is 5.91 Å². The van der Waals surface area contributed by atoms with Gasteiger partial charge in [-0.15, -0.1) is 0 Å². The van der Waals surface area contributed by atoms with Crippen LogP contribution in [0.1, 0.15) is 37.9 Å². The van der Waals surface area contributed by atoms with E-state index in [0.717, 1.165) is 30.6 Å². The van der Waals surface area contributed by atoms with Gasteiger partial charge in [0.2, 0.25) is 0 Å². The van der Waals surface area contributed by atoms with E-state index in [1.54, 1.807) is 6.07 Å². The smallest absolute Gasteiger partial charge is 0.262 e. The molecule has 1 aromatic carbocycles. The van der Waals surface area contributed by atoms with Crippen molar-refractivity contribution < 1.29 is 9.21 Å². The molecule has 0 saturated heterocycles. The molecule has 0 atom stereocenters. The van der Waals surface area contributed by atoms with E-state index in [9.17, 15) is 10.1 Å². The van der Waals surface area contributed by atoms with Gasteiger partial charge in [-0.3, -0.25) is 4.79 Å². The van der Waals surface area contributed by atoms with E-state index in [-0.39, 0.29) is 17.5 Å². The van der Waals surface area contributed by atoms with Crippen LogP contribution in [-0.2, 0) is 4.79 Å². The number of nitrogens with one attached hydrogen (secondary N) is 1. The van der Waals surface area contributed by atoms with Crippen molar-refractivity contribution in [2.24, 2.45) is 0 Å². The van der Waals surface area contributed by atoms with Crippen LogP contribution in [0.4, 0.5) is 0 Å². The van der Waals surface area contributed by atoms with Crippen LogP contribution in [-0.4, -0.2) is 11.9 Å². The molecule has 1 saturated carbocycles. The number of hydrogen-bond donors (Lipinski definition) is 1. The van der Waals surface area contributed by atoms with Crippen molar-refractivity contribution in [3.63, 3.8) is 0 Å². The number of nitrogens with zero attached hydrogens (tertiary/aromatic N) is 1. The number of benzene rings is 1. The lowest BCUT2D eigenvalue weighted by Gasteiger charge is -2.22. The average Bonchev–Trinajstić information content (AvgIpc) is 3.09. The zero-order chi connectivity index (χ0) is 18.4. The molecule has 1 heterocycles. The van der Waals surface area contributed by atoms with Crippen LogP contribution in [0, 0.1) is 11.3 Å². The van der Waals surface area contributed by atoms with E-state index in [2.05, 4.69) is 5.32 Å². The zero-order valence-corrected chi connectivity index (χ0v) is 15.8. The maximum Gasteiger partial charge on any atom is 0.262 e. The Bertz CT molecular complexity index is 830. The molecule has 0 unspecified atom stereocenters. The predicted molar refractivity (Wildman–Crippen MR) is 103 cm³/mol. The van der Waals surface area contributed by atoms with Crippen molar-refractivity contribution in [1.82, 2.24) is 5.32 Å². The van der Waals surface area contributed by atoms with Gasteiger partial charge in [0.05, 0.1) is 0 Å². The number of carbonyl (C=O) groups excluding carboxylic acids is 1. The summed E-state index contributed by atoms with van der Waals surface area (Å²) in [5.41, 5.74) is 0.0629. The van der Waals surface area contributed by atoms with E-state index < -0.39 is 0 Å². The minimum absolute atomic E-state index is 0.0629. The highest BCUT2D eigenvalue weighted by Crippen LogP contribution is 2.30. The summed E-state index contributed by atoms with van der Waals surface area (Å²) < 4.78 is 5.71. The van der Waals surface area contributed by atoms with Gasteiger partial charge in [-0.2, -0.15) is 5.26 Å². The minimum atomic E-state index is -0.331. The lowest BCUT2D eigenvalue weighted by Crippen LogP contribution is -2.36. The van der Waals surface area contributed by atoms with Crippen molar-refractivity contribution in [1.29, 1.82) is 5.26 Å². The summed E-state index contributed by atoms with van der Waals surface area (Å²) in [5, 5.41) is 13.6. The van der Waals surface area contributed by atoms with E-state index in [4.69, 9.17) is 16.0 Å². The summed E-state index contributed by atoms with van der Waals surface area (Å²) in [5.74, 6) is 0.152. The standard InChI is InChI=1S/C20H19ClN2O2S/c21-15-6-9-18(10-7-15)26-19-11-8-17(25-19)12-14(13-22)20(24)23-16-4-2-1-3-5-16/h6-12,16H,1-5H2,(H,23,24). The number of hydrogen-bond acceptors (Lipinski definition) is 4. The highest BCUT2D eigenvalue weighted by molar-refractivity contribution is 7.99. The number of carbonyl (C=O) groups is 1. The third kappa shape index (κ3) is 5.17. The molecular weight excluding hydrogens is 368 g/mol. The van der Waals surface area contributed by atoms with Crippen molar-refractivity contribution in [3.05, 3.63) is 52.8 Å². The Morgan fingerprint density at radius 2 is 1.92 bits per heavy atom. The van der Waals surface area contributed by atoms with E-state index in [1.807, 2.05) is 36.4 Å². The molecule has 1 aliphatic carbocycles. The van der Waals surface area contributed by atoms with Gasteiger partial charge in [-0.05, 0) is 49.2 Å². The summed E-state index contributed by atoms with van der Waals surface area (Å²) in [4.78, 5) is 13.3. The van der Waals surface area contributed by atoms with Crippen LogP contribution < -0.4 is 5.32 Å². The van der Waals surface area contributed by atoms with Crippen molar-refractivity contribution >= 4 is 35.3 Å². The fraction of sp³-hybridized carbons (Fsp3) is 0.300. The molecule has 0 radical (unpaired) electrons. The van der Waals surface area contributed by atoms with Gasteiger partial charge in [0, 0.05) is 22.0 Å². The van der Waals surface area contributed by atoms with Crippen molar-refractivity contribution in [2.45, 2.75) is 48.1 Å². The molecule has 3 rings (SSSR count). The second-order valence-electron chi connectivity index (χ2n) is 6.19. The first kappa shape index (κ1) is 18.6. The number of halogens is 1. The molecule has 6 heteroatoms. The normalized spacial score (nSPS) is 15.5. The highest BCUT2D eigenvalue weighted by Gasteiger charge is 2.18. The topological polar surface area (TPSA) is 66.0 Å². The summed E-state index contributed by atoms with van der Waals surface area (Å²) in [6, 6.07) is 13.2. The van der Waals surface area contributed by atoms with Gasteiger partial charge < -0.3 is 9.73 Å². The Kier molecular flexibility index (Phi) is 6.43. The summed E-state index contributed by atoms with van der Waals surface area (Å²) in [6.07, 6.45) is 6.91. The number of rotatable bonds is 5. The Hall–Kier alpha value is -2.16. The number of amides is 1. The van der Waals surface area contributed by atoms with Crippen molar-refractivity contribution in [2.75, 3.05) is 0 Å². The molecule has 1 aromatic heterocycles. The third-order valence-corrected chi connectivity index (χ3v) is 5.41. The lowest BCUT2D eigenvalue weighted by molar-refractivity contribution is -0.117. The fourth-order valence-corrected chi connectivity index (χ4v) is 3.79. The van der Waals surface area contributed by atoms with Crippen LogP contribution in [0.2, 0.25) is 5.02 Å². The first-order valence-corrected chi connectivity index (χ1v) is 9.79. The minimum Gasteiger partial charge on any atom is -0.450 e. The first-order valence-electron chi connectivity index (χ1n) is 8.60. The highest BCUT2D eigenvalue weighted by atomic mass is 35.5. The van der Waals surface area contributed by atoms with Gasteiger partial charge in [0.15, 0.2) is 5.09 Å². The molecule has 0 bridgehead atoms. The Morgan fingerprint density at radius 3 is 2.62 bits per heavy atom. The zero-order valence-electron chi connectivity index (χ0n) is 14.2. The number of nitriles is 1. The molecular formula is C20H19ClN2O2S. The van der Waals surface area contributed by atoms with Gasteiger partial charge in [0.1, 0.15) is 17.4 Å². The summed E-state index contributed by atoms with van der Waals surface area (Å²) in [7, 11) is 0. The molecule has 0 spiro atoms. The van der Waals surface area contributed by atoms with Crippen LogP contribution in [0.3, 0.4) is 0 Å². The van der Waals surface area contributed by atoms with Crippen LogP contribution in [0.5, 0.6) is 0 Å². The first-order chi connectivity index (χ1) is 12.6. The number of furan rings is 1. The second-order valence-corrected chi connectivity index (χ2v) is 7.71. The van der Waals surface area contributed by atoms with Crippen LogP contribution in [0.25, 0.3) is 6.08 Å². The molecule has 0 aliphatic heterocycles. The molecule has 1 amide bonds. The van der Waals surface area contributed by atoms with Gasteiger partial charge in [-0.1, -0.05) is 42.6 Å². The Labute approximate surface area is 162 Å². The molecule has 26 heavy (non-hydrogen) atoms. The van der Waals surface area contributed by atoms with E-state index in [1.165, 1.54) is 24.3 Å². The monoisotopic (exact) mass is 386 g/mol. The average molecular weight is 387 g/mol. The van der Waals surface area contributed by atoms with Gasteiger partial charge in [-0.25, -0.2) is 0 Å². The van der Waals surface area contributed by atoms with Crippen LogP contribution >= 0.6 is 23.4 Å². The molecule has 134 valence electrons. The predicted octanol–water partition coefficient (Wildman–Crippen LogP) is 5.44. The molecule has 1 aliphatic rings. The van der Waals surface area contributed by atoms with Crippen molar-refractivity contribution in [3.8, 4) is 6.07 Å². The summed E-state index contributed by atoms with van der Waals surface area (Å²) in [6.45, 7) is 0. The van der Waals surface area contributed by atoms with Gasteiger partial charge >= 0.3 is 0 Å². The Balaban J connectivity index is 1.65. The maximum absolute atomic E-state index is 12.3.